The number of allylic oxidation sites excluding steroid dienone is 1. The van der Waals surface area contributed by atoms with E-state index in [0.717, 1.165) is 9.13 Å². The first-order valence-electron chi connectivity index (χ1n) is 10.4. The number of nitrogens with one attached hydrogen (secondary N) is 1. The first kappa shape index (κ1) is 25.1. The smallest absolute Gasteiger partial charge is 0.310 e. The SMILES string of the molecule is CC(NS(=O)(=O)c1ccc(I)cc1)c1ccccc1C(CC/C=C/c1cccnc1)C(=O)O. The molecule has 0 bridgehead atoms. The van der Waals surface area contributed by atoms with E-state index in [1.165, 1.54) is 0 Å². The molecule has 0 radical (unpaired) electrons. The molecule has 6 nitrogen and oxygen atoms in total. The van der Waals surface area contributed by atoms with Crippen molar-refractivity contribution in [3.63, 3.8) is 0 Å². The molecule has 3 rings (SSSR count). The molecule has 0 amide bonds. The second kappa shape index (κ2) is 11.5. The van der Waals surface area contributed by atoms with Gasteiger partial charge in [-0.15, -0.1) is 0 Å². The van der Waals surface area contributed by atoms with Gasteiger partial charge in [0.2, 0.25) is 10.0 Å². The Morgan fingerprint density at radius 2 is 1.79 bits per heavy atom. The number of benzene rings is 2. The maximum atomic E-state index is 12.8. The summed E-state index contributed by atoms with van der Waals surface area (Å²) in [5, 5.41) is 9.91. The van der Waals surface area contributed by atoms with Crippen LogP contribution in [0.25, 0.3) is 6.08 Å². The van der Waals surface area contributed by atoms with Gasteiger partial charge in [0.25, 0.3) is 0 Å². The molecular weight excluding hydrogens is 551 g/mol. The molecule has 2 N–H and O–H groups in total. The third-order valence-electron chi connectivity index (χ3n) is 5.21. The number of carboxylic acid groups (broad SMARTS) is 1. The van der Waals surface area contributed by atoms with Crippen LogP contribution in [-0.2, 0) is 14.8 Å². The first-order chi connectivity index (χ1) is 15.8. The molecular formula is C25H25IN2O4S. The minimum absolute atomic E-state index is 0.169. The van der Waals surface area contributed by atoms with E-state index in [2.05, 4.69) is 32.3 Å². The highest BCUT2D eigenvalue weighted by Gasteiger charge is 2.26. The minimum atomic E-state index is -3.76. The summed E-state index contributed by atoms with van der Waals surface area (Å²) in [6.07, 6.45) is 8.22. The van der Waals surface area contributed by atoms with Crippen molar-refractivity contribution in [2.75, 3.05) is 0 Å². The van der Waals surface area contributed by atoms with Gasteiger partial charge in [-0.05, 0) is 89.4 Å². The molecule has 0 aliphatic carbocycles. The monoisotopic (exact) mass is 576 g/mol. The molecule has 8 heteroatoms. The Morgan fingerprint density at radius 1 is 1.09 bits per heavy atom. The average molecular weight is 576 g/mol. The lowest BCUT2D eigenvalue weighted by Gasteiger charge is -2.21. The van der Waals surface area contributed by atoms with Crippen molar-refractivity contribution in [2.24, 2.45) is 0 Å². The second-order valence-corrected chi connectivity index (χ2v) is 10.5. The maximum absolute atomic E-state index is 12.8. The summed E-state index contributed by atoms with van der Waals surface area (Å²) in [5.74, 6) is -1.70. The van der Waals surface area contributed by atoms with Crippen LogP contribution in [0.3, 0.4) is 0 Å². The number of hydrogen-bond acceptors (Lipinski definition) is 4. The van der Waals surface area contributed by atoms with Crippen molar-refractivity contribution in [3.8, 4) is 0 Å². The normalized spacial score (nSPS) is 13.6. The number of sulfonamides is 1. The van der Waals surface area contributed by atoms with E-state index in [4.69, 9.17) is 0 Å². The lowest BCUT2D eigenvalue weighted by atomic mass is 9.88. The van der Waals surface area contributed by atoms with Crippen molar-refractivity contribution >= 4 is 44.7 Å². The zero-order chi connectivity index (χ0) is 23.8. The zero-order valence-electron chi connectivity index (χ0n) is 18.1. The van der Waals surface area contributed by atoms with Gasteiger partial charge in [0.05, 0.1) is 10.8 Å². The van der Waals surface area contributed by atoms with Crippen LogP contribution < -0.4 is 4.72 Å². The Morgan fingerprint density at radius 3 is 2.42 bits per heavy atom. The molecule has 1 aromatic heterocycles. The first-order valence-corrected chi connectivity index (χ1v) is 13.0. The summed E-state index contributed by atoms with van der Waals surface area (Å²) in [5.41, 5.74) is 2.20. The number of rotatable bonds is 10. The van der Waals surface area contributed by atoms with E-state index >= 15 is 0 Å². The molecule has 0 fully saturated rings. The number of pyridine rings is 1. The summed E-state index contributed by atoms with van der Waals surface area (Å²) in [6, 6.07) is 16.8. The summed E-state index contributed by atoms with van der Waals surface area (Å²) >= 11 is 2.12. The van der Waals surface area contributed by atoms with Crippen LogP contribution in [0.1, 0.15) is 48.4 Å². The Labute approximate surface area is 208 Å². The molecule has 0 saturated carbocycles. The van der Waals surface area contributed by atoms with Gasteiger partial charge in [-0.2, -0.15) is 0 Å². The number of aromatic nitrogens is 1. The predicted molar refractivity (Wildman–Crippen MR) is 137 cm³/mol. The number of aliphatic carboxylic acids is 1. The van der Waals surface area contributed by atoms with Crippen LogP contribution in [0, 0.1) is 3.57 Å². The average Bonchev–Trinajstić information content (AvgIpc) is 2.79. The topological polar surface area (TPSA) is 96.4 Å². The van der Waals surface area contributed by atoms with Crippen molar-refractivity contribution in [2.45, 2.75) is 36.6 Å². The Bertz CT molecular complexity index is 1210. The van der Waals surface area contributed by atoms with E-state index in [1.54, 1.807) is 67.8 Å². The third-order valence-corrected chi connectivity index (χ3v) is 7.48. The van der Waals surface area contributed by atoms with Crippen molar-refractivity contribution in [1.29, 1.82) is 0 Å². The van der Waals surface area contributed by atoms with Gasteiger partial charge in [-0.25, -0.2) is 13.1 Å². The summed E-state index contributed by atoms with van der Waals surface area (Å²) in [4.78, 5) is 16.3. The van der Waals surface area contributed by atoms with Crippen LogP contribution in [0.5, 0.6) is 0 Å². The number of hydrogen-bond donors (Lipinski definition) is 2. The van der Waals surface area contributed by atoms with E-state index in [-0.39, 0.29) is 4.90 Å². The fourth-order valence-electron chi connectivity index (χ4n) is 3.57. The van der Waals surface area contributed by atoms with E-state index in [9.17, 15) is 18.3 Å². The Kier molecular flexibility index (Phi) is 8.76. The van der Waals surface area contributed by atoms with Crippen LogP contribution in [0.4, 0.5) is 0 Å². The van der Waals surface area contributed by atoms with Crippen molar-refractivity contribution in [1.82, 2.24) is 9.71 Å². The van der Waals surface area contributed by atoms with Crippen molar-refractivity contribution < 1.29 is 18.3 Å². The van der Waals surface area contributed by atoms with Gasteiger partial charge in [0.15, 0.2) is 0 Å². The quantitative estimate of drug-likeness (QED) is 0.316. The molecule has 0 spiro atoms. The van der Waals surface area contributed by atoms with Gasteiger partial charge in [0.1, 0.15) is 0 Å². The maximum Gasteiger partial charge on any atom is 0.310 e. The lowest BCUT2D eigenvalue weighted by molar-refractivity contribution is -0.139. The number of carboxylic acids is 1. The molecule has 1 heterocycles. The molecule has 2 unspecified atom stereocenters. The highest BCUT2D eigenvalue weighted by atomic mass is 127. The fraction of sp³-hybridized carbons (Fsp3) is 0.200. The number of nitrogens with zero attached hydrogens (tertiary/aromatic N) is 1. The van der Waals surface area contributed by atoms with Crippen molar-refractivity contribution in [3.05, 3.63) is 99.4 Å². The minimum Gasteiger partial charge on any atom is -0.481 e. The summed E-state index contributed by atoms with van der Waals surface area (Å²) in [6.45, 7) is 1.73. The van der Waals surface area contributed by atoms with E-state index in [0.29, 0.717) is 24.0 Å². The van der Waals surface area contributed by atoms with Gasteiger partial charge in [-0.1, -0.05) is 42.5 Å². The van der Waals surface area contributed by atoms with Crippen LogP contribution in [-0.4, -0.2) is 24.5 Å². The molecule has 2 aromatic carbocycles. The number of carbonyl (C=O) groups is 1. The molecule has 172 valence electrons. The largest absolute Gasteiger partial charge is 0.481 e. The molecule has 0 aliphatic rings. The van der Waals surface area contributed by atoms with E-state index in [1.807, 2.05) is 24.3 Å². The lowest BCUT2D eigenvalue weighted by Crippen LogP contribution is -2.28. The van der Waals surface area contributed by atoms with Gasteiger partial charge in [0, 0.05) is 22.0 Å². The van der Waals surface area contributed by atoms with Crippen LogP contribution in [0.2, 0.25) is 0 Å². The highest BCUT2D eigenvalue weighted by molar-refractivity contribution is 14.1. The summed E-state index contributed by atoms with van der Waals surface area (Å²) < 4.78 is 29.3. The van der Waals surface area contributed by atoms with Gasteiger partial charge < -0.3 is 5.11 Å². The molecule has 3 aromatic rings. The molecule has 33 heavy (non-hydrogen) atoms. The summed E-state index contributed by atoms with van der Waals surface area (Å²) in [7, 11) is -3.76. The number of halogens is 1. The second-order valence-electron chi connectivity index (χ2n) is 7.58. The van der Waals surface area contributed by atoms with Crippen LogP contribution in [0.15, 0.2) is 84.0 Å². The third kappa shape index (κ3) is 6.96. The molecule has 0 saturated heterocycles. The highest BCUT2D eigenvalue weighted by Crippen LogP contribution is 2.30. The van der Waals surface area contributed by atoms with Gasteiger partial charge in [-0.3, -0.25) is 9.78 Å². The van der Waals surface area contributed by atoms with Crippen LogP contribution >= 0.6 is 22.6 Å². The molecule has 2 atom stereocenters. The standard InChI is InChI=1S/C25H25IN2O4S/c1-18(28-33(31,32)21-14-12-20(26)13-15-21)22-9-4-5-10-23(22)24(25(29)30)11-3-2-7-19-8-6-16-27-17-19/h2,4-10,12-18,24,28H,3,11H2,1H3,(H,29,30)/b7-2+. The fourth-order valence-corrected chi connectivity index (χ4v) is 5.15. The van der Waals surface area contributed by atoms with E-state index < -0.39 is 28.0 Å². The van der Waals surface area contributed by atoms with Gasteiger partial charge >= 0.3 is 5.97 Å². The zero-order valence-corrected chi connectivity index (χ0v) is 21.0. The predicted octanol–water partition coefficient (Wildman–Crippen LogP) is 5.39. The Balaban J connectivity index is 1.78. The molecule has 0 aliphatic heterocycles. The Hall–Kier alpha value is -2.56.